The molecule has 2 aromatic carbocycles. The minimum Gasteiger partial charge on any atom is -0.380 e. The Morgan fingerprint density at radius 3 is 2.38 bits per heavy atom. The number of para-hydroxylation sites is 1. The fourth-order valence-corrected chi connectivity index (χ4v) is 2.17. The number of nitrogens with zero attached hydrogens (tertiary/aromatic N) is 3. The summed E-state index contributed by atoms with van der Waals surface area (Å²) < 4.78 is 0. The molecule has 4 N–H and O–H groups in total. The Morgan fingerprint density at radius 2 is 1.71 bits per heavy atom. The highest BCUT2D eigenvalue weighted by atomic mass is 16.1. The molecule has 1 aliphatic heterocycles. The highest BCUT2D eigenvalue weighted by Gasteiger charge is 2.21. The van der Waals surface area contributed by atoms with Crippen molar-refractivity contribution in [3.63, 3.8) is 0 Å². The molecule has 0 unspecified atom stereocenters. The Kier molecular flexibility index (Phi) is 4.33. The highest BCUT2D eigenvalue weighted by Crippen LogP contribution is 2.14. The molecule has 0 atom stereocenters. The summed E-state index contributed by atoms with van der Waals surface area (Å²) in [6.45, 7) is 1.46. The quantitative estimate of drug-likeness (QED) is 0.752. The minimum absolute atomic E-state index is 0.122. The van der Waals surface area contributed by atoms with Gasteiger partial charge in [-0.25, -0.2) is 0 Å². The van der Waals surface area contributed by atoms with E-state index in [0.29, 0.717) is 17.1 Å². The lowest BCUT2D eigenvalue weighted by Crippen LogP contribution is -2.28. The fraction of sp³-hybridized carbons (Fsp3) is 0.0588. The Balaban J connectivity index is 1.81. The molecule has 1 aliphatic rings. The van der Waals surface area contributed by atoms with Gasteiger partial charge in [-0.1, -0.05) is 30.3 Å². The van der Waals surface area contributed by atoms with Gasteiger partial charge in [0.2, 0.25) is 5.91 Å². The van der Waals surface area contributed by atoms with E-state index in [1.54, 1.807) is 12.1 Å². The van der Waals surface area contributed by atoms with Gasteiger partial charge in [-0.05, 0) is 24.3 Å². The number of carbonyl (C=O) groups excluding carboxylic acids is 1. The highest BCUT2D eigenvalue weighted by molar-refractivity contribution is 6.72. The monoisotopic (exact) mass is 320 g/mol. The number of nitrogens with one attached hydrogen (secondary N) is 2. The van der Waals surface area contributed by atoms with E-state index in [-0.39, 0.29) is 11.7 Å². The maximum atomic E-state index is 11.1. The Morgan fingerprint density at radius 1 is 1.00 bits per heavy atom. The zero-order chi connectivity index (χ0) is 16.9. The summed E-state index contributed by atoms with van der Waals surface area (Å²) in [6, 6.07) is 16.8. The average molecular weight is 320 g/mol. The first-order valence-electron chi connectivity index (χ1n) is 7.32. The topological polar surface area (TPSA) is 104 Å². The van der Waals surface area contributed by atoms with Gasteiger partial charge in [0.15, 0.2) is 11.5 Å². The third-order valence-corrected chi connectivity index (χ3v) is 3.27. The van der Waals surface area contributed by atoms with E-state index in [2.05, 4.69) is 26.0 Å². The molecule has 0 spiro atoms. The van der Waals surface area contributed by atoms with E-state index >= 15 is 0 Å². The van der Waals surface area contributed by atoms with Crippen molar-refractivity contribution in [3.8, 4) is 0 Å². The number of anilines is 2. The van der Waals surface area contributed by atoms with Crippen LogP contribution >= 0.6 is 0 Å². The van der Waals surface area contributed by atoms with Crippen LogP contribution in [0.25, 0.3) is 0 Å². The number of hydrogen-bond donors (Lipinski definition) is 3. The first kappa shape index (κ1) is 15.4. The van der Waals surface area contributed by atoms with Crippen LogP contribution in [0.2, 0.25) is 0 Å². The van der Waals surface area contributed by atoms with Crippen molar-refractivity contribution in [2.24, 2.45) is 21.0 Å². The Bertz CT molecular complexity index is 837. The van der Waals surface area contributed by atoms with E-state index in [0.717, 1.165) is 11.3 Å². The number of carbonyl (C=O) groups is 1. The second kappa shape index (κ2) is 6.74. The molecule has 1 heterocycles. The van der Waals surface area contributed by atoms with Crippen LogP contribution in [0.5, 0.6) is 0 Å². The summed E-state index contributed by atoms with van der Waals surface area (Å²) in [7, 11) is 0. The van der Waals surface area contributed by atoms with Gasteiger partial charge in [0, 0.05) is 18.2 Å². The van der Waals surface area contributed by atoms with Gasteiger partial charge in [0.05, 0.1) is 5.69 Å². The summed E-state index contributed by atoms with van der Waals surface area (Å²) in [5.74, 6) is 0.127. The van der Waals surface area contributed by atoms with Gasteiger partial charge < -0.3 is 11.1 Å². The second-order valence-corrected chi connectivity index (χ2v) is 5.13. The van der Waals surface area contributed by atoms with Gasteiger partial charge in [-0.15, -0.1) is 10.2 Å². The molecular weight excluding hydrogens is 304 g/mol. The predicted molar refractivity (Wildman–Crippen MR) is 96.4 cm³/mol. The molecular formula is C17H16N6O. The zero-order valence-electron chi connectivity index (χ0n) is 13.0. The predicted octanol–water partition coefficient (Wildman–Crippen LogP) is 2.19. The molecule has 120 valence electrons. The first-order chi connectivity index (χ1) is 11.6. The Hall–Kier alpha value is -3.48. The summed E-state index contributed by atoms with van der Waals surface area (Å²) in [5, 5.41) is 15.0. The van der Waals surface area contributed by atoms with Crippen LogP contribution < -0.4 is 16.5 Å². The molecule has 0 radical (unpaired) electrons. The molecule has 0 aliphatic carbocycles. The van der Waals surface area contributed by atoms with Crippen LogP contribution in [0, 0.1) is 0 Å². The van der Waals surface area contributed by atoms with Gasteiger partial charge in [0.25, 0.3) is 0 Å². The van der Waals surface area contributed by atoms with Crippen LogP contribution in [0.3, 0.4) is 0 Å². The van der Waals surface area contributed by atoms with Crippen LogP contribution in [-0.4, -0.2) is 23.2 Å². The number of benzene rings is 2. The minimum atomic E-state index is -0.122. The van der Waals surface area contributed by atoms with Crippen molar-refractivity contribution in [1.29, 1.82) is 0 Å². The standard InChI is InChI=1S/C17H16N6O/c1-11(24)19-13-9-7-12(8-10-13)15-16(17(18)23-21-15)22-20-14-5-3-2-4-6-14/h2-10,20H,1H3,(H,19,24)(H2,18,22,23). The molecule has 3 rings (SSSR count). The smallest absolute Gasteiger partial charge is 0.221 e. The lowest BCUT2D eigenvalue weighted by atomic mass is 10.1. The second-order valence-electron chi connectivity index (χ2n) is 5.13. The maximum absolute atomic E-state index is 11.1. The van der Waals surface area contributed by atoms with E-state index in [9.17, 15) is 4.79 Å². The van der Waals surface area contributed by atoms with Crippen LogP contribution in [-0.2, 0) is 4.79 Å². The summed E-state index contributed by atoms with van der Waals surface area (Å²) in [5.41, 5.74) is 12.2. The summed E-state index contributed by atoms with van der Waals surface area (Å²) in [4.78, 5) is 11.1. The lowest BCUT2D eigenvalue weighted by molar-refractivity contribution is -0.114. The zero-order valence-corrected chi connectivity index (χ0v) is 13.0. The summed E-state index contributed by atoms with van der Waals surface area (Å²) in [6.07, 6.45) is 0. The normalized spacial score (nSPS) is 15.0. The van der Waals surface area contributed by atoms with E-state index in [1.165, 1.54) is 6.92 Å². The molecule has 1 amide bonds. The number of hydrogen-bond acceptors (Lipinski definition) is 6. The fourth-order valence-electron chi connectivity index (χ4n) is 2.17. The van der Waals surface area contributed by atoms with Crippen molar-refractivity contribution in [2.75, 3.05) is 10.7 Å². The van der Waals surface area contributed by atoms with Crippen LogP contribution in [0.1, 0.15) is 12.5 Å². The van der Waals surface area contributed by atoms with Gasteiger partial charge in [-0.2, -0.15) is 5.10 Å². The van der Waals surface area contributed by atoms with Gasteiger partial charge in [-0.3, -0.25) is 10.2 Å². The molecule has 2 aromatic rings. The SMILES string of the molecule is CC(=O)Nc1ccc(C2=NN=C(N)/C2=N\Nc2ccccc2)cc1. The average Bonchev–Trinajstić information content (AvgIpc) is 2.95. The van der Waals surface area contributed by atoms with Crippen molar-refractivity contribution < 1.29 is 4.79 Å². The van der Waals surface area contributed by atoms with Crippen molar-refractivity contribution in [2.45, 2.75) is 6.92 Å². The number of rotatable bonds is 4. The lowest BCUT2D eigenvalue weighted by Gasteiger charge is -2.06. The van der Waals surface area contributed by atoms with Crippen molar-refractivity contribution in [3.05, 3.63) is 60.2 Å². The van der Waals surface area contributed by atoms with Crippen LogP contribution in [0.4, 0.5) is 11.4 Å². The molecule has 0 saturated heterocycles. The van der Waals surface area contributed by atoms with Crippen molar-refractivity contribution >= 4 is 34.5 Å². The van der Waals surface area contributed by atoms with E-state index in [1.807, 2.05) is 42.5 Å². The van der Waals surface area contributed by atoms with E-state index in [4.69, 9.17) is 5.73 Å². The number of amides is 1. The number of amidine groups is 1. The molecule has 0 fully saturated rings. The maximum Gasteiger partial charge on any atom is 0.221 e. The number of nitrogens with two attached hydrogens (primary N) is 1. The molecule has 7 heteroatoms. The molecule has 7 nitrogen and oxygen atoms in total. The molecule has 0 aromatic heterocycles. The van der Waals surface area contributed by atoms with Crippen molar-refractivity contribution in [1.82, 2.24) is 0 Å². The van der Waals surface area contributed by atoms with E-state index < -0.39 is 0 Å². The third kappa shape index (κ3) is 3.46. The Labute approximate surface area is 139 Å². The third-order valence-electron chi connectivity index (χ3n) is 3.27. The molecule has 24 heavy (non-hydrogen) atoms. The molecule has 0 bridgehead atoms. The largest absolute Gasteiger partial charge is 0.380 e. The first-order valence-corrected chi connectivity index (χ1v) is 7.32. The molecule has 0 saturated carbocycles. The summed E-state index contributed by atoms with van der Waals surface area (Å²) >= 11 is 0. The number of hydrazone groups is 1. The van der Waals surface area contributed by atoms with Gasteiger partial charge >= 0.3 is 0 Å². The van der Waals surface area contributed by atoms with Gasteiger partial charge in [0.1, 0.15) is 5.71 Å². The van der Waals surface area contributed by atoms with Crippen LogP contribution in [0.15, 0.2) is 69.9 Å².